The van der Waals surface area contributed by atoms with E-state index in [1.54, 1.807) is 0 Å². The molecule has 2 nitrogen and oxygen atoms in total. The molecule has 0 aliphatic carbocycles. The zero-order valence-electron chi connectivity index (χ0n) is 11.9. The van der Waals surface area contributed by atoms with E-state index in [0.29, 0.717) is 6.04 Å². The minimum Gasteiger partial charge on any atom is -0.379 e. The van der Waals surface area contributed by atoms with Crippen LogP contribution in [0.3, 0.4) is 0 Å². The van der Waals surface area contributed by atoms with Crippen molar-refractivity contribution in [2.45, 2.75) is 71.3 Å². The van der Waals surface area contributed by atoms with Crippen molar-refractivity contribution in [2.75, 3.05) is 26.3 Å². The Balaban J connectivity index is 1.86. The van der Waals surface area contributed by atoms with E-state index in [1.165, 1.54) is 57.9 Å². The summed E-state index contributed by atoms with van der Waals surface area (Å²) in [5, 5.41) is 0. The average molecular weight is 241 g/mol. The van der Waals surface area contributed by atoms with Crippen LogP contribution in [0.25, 0.3) is 0 Å². The van der Waals surface area contributed by atoms with Gasteiger partial charge in [-0.3, -0.25) is 4.90 Å². The van der Waals surface area contributed by atoms with Crippen LogP contribution in [-0.4, -0.2) is 37.2 Å². The molecule has 102 valence electrons. The third kappa shape index (κ3) is 7.05. The number of morpholine rings is 1. The second-order valence-electron chi connectivity index (χ2n) is 5.43. The minimum atomic E-state index is 0.633. The van der Waals surface area contributed by atoms with Gasteiger partial charge in [0, 0.05) is 12.6 Å². The van der Waals surface area contributed by atoms with Gasteiger partial charge in [-0.15, -0.1) is 0 Å². The van der Waals surface area contributed by atoms with Gasteiger partial charge >= 0.3 is 0 Å². The molecule has 0 aromatic rings. The molecular weight excluding hydrogens is 210 g/mol. The Kier molecular flexibility index (Phi) is 8.72. The molecule has 17 heavy (non-hydrogen) atoms. The molecular formula is C15H31NO. The standard InChI is InChI=1S/C15H31NO/c1-3-4-5-6-7-8-9-10-11-16-12-13-17-14-15(16)2/h15H,3-14H2,1-2H3. The lowest BCUT2D eigenvalue weighted by Crippen LogP contribution is -2.43. The van der Waals surface area contributed by atoms with Crippen molar-refractivity contribution >= 4 is 0 Å². The Morgan fingerprint density at radius 1 is 1.00 bits per heavy atom. The van der Waals surface area contributed by atoms with E-state index < -0.39 is 0 Å². The van der Waals surface area contributed by atoms with Gasteiger partial charge in [0.2, 0.25) is 0 Å². The van der Waals surface area contributed by atoms with E-state index >= 15 is 0 Å². The molecule has 2 heteroatoms. The molecule has 1 atom stereocenters. The fourth-order valence-electron chi connectivity index (χ4n) is 2.54. The highest BCUT2D eigenvalue weighted by Gasteiger charge is 2.17. The van der Waals surface area contributed by atoms with Crippen LogP contribution < -0.4 is 0 Å². The molecule has 1 rings (SSSR count). The number of unbranched alkanes of at least 4 members (excludes halogenated alkanes) is 7. The van der Waals surface area contributed by atoms with Crippen molar-refractivity contribution in [3.05, 3.63) is 0 Å². The predicted molar refractivity (Wildman–Crippen MR) is 74.5 cm³/mol. The average Bonchev–Trinajstić information content (AvgIpc) is 2.35. The van der Waals surface area contributed by atoms with Gasteiger partial charge in [0.05, 0.1) is 13.2 Å². The van der Waals surface area contributed by atoms with Crippen LogP contribution in [0.4, 0.5) is 0 Å². The minimum absolute atomic E-state index is 0.633. The number of ether oxygens (including phenoxy) is 1. The van der Waals surface area contributed by atoms with Crippen LogP contribution >= 0.6 is 0 Å². The van der Waals surface area contributed by atoms with Crippen molar-refractivity contribution in [1.82, 2.24) is 4.90 Å². The summed E-state index contributed by atoms with van der Waals surface area (Å²) in [5.41, 5.74) is 0. The second-order valence-corrected chi connectivity index (χ2v) is 5.43. The van der Waals surface area contributed by atoms with Crippen molar-refractivity contribution in [2.24, 2.45) is 0 Å². The number of hydrogen-bond acceptors (Lipinski definition) is 2. The maximum atomic E-state index is 5.45. The lowest BCUT2D eigenvalue weighted by Gasteiger charge is -2.33. The molecule has 1 aliphatic rings. The van der Waals surface area contributed by atoms with E-state index in [-0.39, 0.29) is 0 Å². The molecule has 0 radical (unpaired) electrons. The first-order chi connectivity index (χ1) is 8.34. The fraction of sp³-hybridized carbons (Fsp3) is 1.00. The highest BCUT2D eigenvalue weighted by molar-refractivity contribution is 4.70. The summed E-state index contributed by atoms with van der Waals surface area (Å²) in [4.78, 5) is 2.58. The largest absolute Gasteiger partial charge is 0.379 e. The first kappa shape index (κ1) is 15.0. The molecule has 1 saturated heterocycles. The van der Waals surface area contributed by atoms with Crippen LogP contribution in [0.2, 0.25) is 0 Å². The summed E-state index contributed by atoms with van der Waals surface area (Å²) in [6.07, 6.45) is 11.3. The molecule has 0 amide bonds. The normalized spacial score (nSPS) is 21.9. The number of hydrogen-bond donors (Lipinski definition) is 0. The van der Waals surface area contributed by atoms with Crippen LogP contribution in [0.1, 0.15) is 65.2 Å². The Morgan fingerprint density at radius 2 is 1.65 bits per heavy atom. The molecule has 1 fully saturated rings. The Labute approximate surface area is 108 Å². The predicted octanol–water partition coefficient (Wildman–Crippen LogP) is 3.85. The first-order valence-electron chi connectivity index (χ1n) is 7.66. The van der Waals surface area contributed by atoms with Gasteiger partial charge in [0.15, 0.2) is 0 Å². The highest BCUT2D eigenvalue weighted by Crippen LogP contribution is 2.11. The zero-order valence-corrected chi connectivity index (χ0v) is 11.9. The second kappa shape index (κ2) is 9.90. The van der Waals surface area contributed by atoms with Crippen molar-refractivity contribution in [3.8, 4) is 0 Å². The Bertz CT molecular complexity index is 172. The van der Waals surface area contributed by atoms with Crippen molar-refractivity contribution in [3.63, 3.8) is 0 Å². The van der Waals surface area contributed by atoms with E-state index in [9.17, 15) is 0 Å². The maximum absolute atomic E-state index is 5.45. The summed E-state index contributed by atoms with van der Waals surface area (Å²) < 4.78 is 5.45. The third-order valence-electron chi connectivity index (χ3n) is 3.80. The van der Waals surface area contributed by atoms with Crippen molar-refractivity contribution in [1.29, 1.82) is 0 Å². The van der Waals surface area contributed by atoms with Gasteiger partial charge in [-0.2, -0.15) is 0 Å². The lowest BCUT2D eigenvalue weighted by molar-refractivity contribution is -0.000919. The molecule has 0 N–H and O–H groups in total. The summed E-state index contributed by atoms with van der Waals surface area (Å²) in [5.74, 6) is 0. The van der Waals surface area contributed by atoms with E-state index in [2.05, 4.69) is 18.7 Å². The van der Waals surface area contributed by atoms with Gasteiger partial charge in [-0.25, -0.2) is 0 Å². The van der Waals surface area contributed by atoms with E-state index in [0.717, 1.165) is 19.8 Å². The van der Waals surface area contributed by atoms with Crippen LogP contribution in [-0.2, 0) is 4.74 Å². The topological polar surface area (TPSA) is 12.5 Å². The van der Waals surface area contributed by atoms with E-state index in [4.69, 9.17) is 4.74 Å². The summed E-state index contributed by atoms with van der Waals surface area (Å²) in [7, 11) is 0. The summed E-state index contributed by atoms with van der Waals surface area (Å²) in [6.45, 7) is 8.84. The quantitative estimate of drug-likeness (QED) is 0.569. The van der Waals surface area contributed by atoms with E-state index in [1.807, 2.05) is 0 Å². The molecule has 1 heterocycles. The maximum Gasteiger partial charge on any atom is 0.0619 e. The first-order valence-corrected chi connectivity index (χ1v) is 7.66. The Morgan fingerprint density at radius 3 is 2.29 bits per heavy atom. The number of nitrogens with zero attached hydrogens (tertiary/aromatic N) is 1. The molecule has 0 aromatic carbocycles. The molecule has 0 bridgehead atoms. The lowest BCUT2D eigenvalue weighted by atomic mass is 10.1. The summed E-state index contributed by atoms with van der Waals surface area (Å²) >= 11 is 0. The van der Waals surface area contributed by atoms with Gasteiger partial charge in [-0.05, 0) is 19.9 Å². The molecule has 0 aromatic heterocycles. The fourth-order valence-corrected chi connectivity index (χ4v) is 2.54. The van der Waals surface area contributed by atoms with Gasteiger partial charge in [0.25, 0.3) is 0 Å². The number of rotatable bonds is 9. The van der Waals surface area contributed by atoms with Gasteiger partial charge < -0.3 is 4.74 Å². The van der Waals surface area contributed by atoms with Crippen LogP contribution in [0.5, 0.6) is 0 Å². The molecule has 0 spiro atoms. The monoisotopic (exact) mass is 241 g/mol. The summed E-state index contributed by atoms with van der Waals surface area (Å²) in [6, 6.07) is 0.633. The highest BCUT2D eigenvalue weighted by atomic mass is 16.5. The molecule has 1 unspecified atom stereocenters. The third-order valence-corrected chi connectivity index (χ3v) is 3.80. The zero-order chi connectivity index (χ0) is 12.3. The molecule has 1 aliphatic heterocycles. The van der Waals surface area contributed by atoms with Crippen LogP contribution in [0, 0.1) is 0 Å². The van der Waals surface area contributed by atoms with Crippen LogP contribution in [0.15, 0.2) is 0 Å². The smallest absolute Gasteiger partial charge is 0.0619 e. The SMILES string of the molecule is CCCCCCCCCCN1CCOCC1C. The Hall–Kier alpha value is -0.0800. The van der Waals surface area contributed by atoms with Gasteiger partial charge in [0.1, 0.15) is 0 Å². The van der Waals surface area contributed by atoms with Crippen molar-refractivity contribution < 1.29 is 4.74 Å². The van der Waals surface area contributed by atoms with Gasteiger partial charge in [-0.1, -0.05) is 51.9 Å². The molecule has 0 saturated carbocycles.